The highest BCUT2D eigenvalue weighted by molar-refractivity contribution is 6.32. The van der Waals surface area contributed by atoms with Gasteiger partial charge in [0, 0.05) is 6.04 Å². The largest absolute Gasteiger partial charge is 0.489 e. The minimum absolute atomic E-state index is 0.190. The topological polar surface area (TPSA) is 21.3 Å². The molecule has 2 nitrogen and oxygen atoms in total. The molecule has 3 heteroatoms. The van der Waals surface area contributed by atoms with Gasteiger partial charge >= 0.3 is 0 Å². The quantitative estimate of drug-likeness (QED) is 0.825. The van der Waals surface area contributed by atoms with Crippen molar-refractivity contribution in [3.63, 3.8) is 0 Å². The van der Waals surface area contributed by atoms with Crippen molar-refractivity contribution in [2.45, 2.75) is 46.3 Å². The van der Waals surface area contributed by atoms with Gasteiger partial charge in [0.15, 0.2) is 0 Å². The molecular formula is C15H24ClNO. The predicted molar refractivity (Wildman–Crippen MR) is 78.5 cm³/mol. The van der Waals surface area contributed by atoms with Crippen LogP contribution >= 0.6 is 11.6 Å². The Morgan fingerprint density at radius 1 is 1.22 bits per heavy atom. The van der Waals surface area contributed by atoms with Gasteiger partial charge in [0.25, 0.3) is 0 Å². The van der Waals surface area contributed by atoms with Crippen LogP contribution in [0.15, 0.2) is 18.2 Å². The molecule has 0 aliphatic carbocycles. The summed E-state index contributed by atoms with van der Waals surface area (Å²) in [6.45, 7) is 8.58. The summed E-state index contributed by atoms with van der Waals surface area (Å²) in [4.78, 5) is 0. The lowest BCUT2D eigenvalue weighted by Gasteiger charge is -2.18. The van der Waals surface area contributed by atoms with Crippen LogP contribution in [0.5, 0.6) is 5.75 Å². The first-order valence-electron chi connectivity index (χ1n) is 6.57. The molecule has 0 aliphatic heterocycles. The zero-order valence-electron chi connectivity index (χ0n) is 12.0. The molecule has 0 amide bonds. The van der Waals surface area contributed by atoms with Gasteiger partial charge in [0.05, 0.1) is 11.1 Å². The fourth-order valence-corrected chi connectivity index (χ4v) is 2.21. The van der Waals surface area contributed by atoms with Gasteiger partial charge in [-0.3, -0.25) is 0 Å². The third-order valence-corrected chi connectivity index (χ3v) is 3.32. The van der Waals surface area contributed by atoms with Crippen molar-refractivity contribution >= 4 is 11.6 Å². The van der Waals surface area contributed by atoms with Crippen LogP contribution in [0.25, 0.3) is 0 Å². The van der Waals surface area contributed by atoms with Crippen molar-refractivity contribution in [3.05, 3.63) is 28.8 Å². The van der Waals surface area contributed by atoms with Crippen LogP contribution in [0.3, 0.4) is 0 Å². The molecule has 0 saturated carbocycles. The van der Waals surface area contributed by atoms with E-state index in [9.17, 15) is 0 Å². The van der Waals surface area contributed by atoms with E-state index in [-0.39, 0.29) is 6.10 Å². The van der Waals surface area contributed by atoms with Crippen molar-refractivity contribution in [2.24, 2.45) is 5.92 Å². The number of hydrogen-bond acceptors (Lipinski definition) is 2. The zero-order valence-corrected chi connectivity index (χ0v) is 12.7. The van der Waals surface area contributed by atoms with Gasteiger partial charge in [-0.05, 0) is 50.9 Å². The molecule has 0 saturated heterocycles. The number of nitrogens with one attached hydrogen (secondary N) is 1. The molecule has 18 heavy (non-hydrogen) atoms. The minimum Gasteiger partial charge on any atom is -0.489 e. The van der Waals surface area contributed by atoms with E-state index in [1.807, 2.05) is 19.2 Å². The average Bonchev–Trinajstić information content (AvgIpc) is 2.29. The summed E-state index contributed by atoms with van der Waals surface area (Å²) in [6.07, 6.45) is 1.22. The van der Waals surface area contributed by atoms with Crippen molar-refractivity contribution in [3.8, 4) is 5.75 Å². The van der Waals surface area contributed by atoms with Crippen molar-refractivity contribution in [2.75, 3.05) is 7.05 Å². The average molecular weight is 270 g/mol. The molecule has 0 heterocycles. The highest BCUT2D eigenvalue weighted by Gasteiger charge is 2.11. The molecule has 0 bridgehead atoms. The zero-order chi connectivity index (χ0) is 13.7. The van der Waals surface area contributed by atoms with Crippen molar-refractivity contribution in [1.82, 2.24) is 5.32 Å². The van der Waals surface area contributed by atoms with Gasteiger partial charge in [-0.1, -0.05) is 31.5 Å². The van der Waals surface area contributed by atoms with E-state index in [4.69, 9.17) is 16.3 Å². The Balaban J connectivity index is 2.73. The summed E-state index contributed by atoms with van der Waals surface area (Å²) in [5.74, 6) is 1.40. The van der Waals surface area contributed by atoms with Crippen LogP contribution in [0.2, 0.25) is 5.02 Å². The first-order chi connectivity index (χ1) is 8.43. The van der Waals surface area contributed by atoms with E-state index < -0.39 is 0 Å². The minimum atomic E-state index is 0.190. The first kappa shape index (κ1) is 15.3. The predicted octanol–water partition coefficient (Wildman–Crippen LogP) is 4.43. The van der Waals surface area contributed by atoms with E-state index in [1.54, 1.807) is 0 Å². The molecule has 0 spiro atoms. The smallest absolute Gasteiger partial charge is 0.138 e. The van der Waals surface area contributed by atoms with Crippen LogP contribution in [0.1, 0.15) is 45.7 Å². The van der Waals surface area contributed by atoms with Gasteiger partial charge in [-0.15, -0.1) is 0 Å². The van der Waals surface area contributed by atoms with E-state index in [0.717, 1.165) is 12.2 Å². The molecule has 0 aromatic heterocycles. The normalized spacial score (nSPS) is 14.6. The van der Waals surface area contributed by atoms with Gasteiger partial charge in [0.1, 0.15) is 5.75 Å². The van der Waals surface area contributed by atoms with Gasteiger partial charge < -0.3 is 10.1 Å². The molecule has 1 aromatic rings. The summed E-state index contributed by atoms with van der Waals surface area (Å²) in [5.41, 5.74) is 1.17. The first-order valence-corrected chi connectivity index (χ1v) is 6.95. The maximum Gasteiger partial charge on any atom is 0.138 e. The standard InChI is InChI=1S/C15H24ClNO/c1-10(2)8-11(3)18-15-7-6-13(9-14(15)16)12(4)17-5/h6-7,9-12,17H,8H2,1-5H3. The number of halogens is 1. The van der Waals surface area contributed by atoms with Crippen LogP contribution in [0, 0.1) is 5.92 Å². The van der Waals surface area contributed by atoms with Crippen molar-refractivity contribution in [1.29, 1.82) is 0 Å². The summed E-state index contributed by atoms with van der Waals surface area (Å²) < 4.78 is 5.87. The summed E-state index contributed by atoms with van der Waals surface area (Å²) in [6, 6.07) is 6.29. The van der Waals surface area contributed by atoms with E-state index >= 15 is 0 Å². The third kappa shape index (κ3) is 4.51. The fraction of sp³-hybridized carbons (Fsp3) is 0.600. The number of benzene rings is 1. The second kappa shape index (κ2) is 7.01. The summed E-state index contributed by atoms with van der Waals surface area (Å²) in [7, 11) is 1.94. The lowest BCUT2D eigenvalue weighted by Crippen LogP contribution is -2.15. The molecule has 1 N–H and O–H groups in total. The lowest BCUT2D eigenvalue weighted by atomic mass is 10.1. The maximum absolute atomic E-state index is 6.26. The number of hydrogen-bond donors (Lipinski definition) is 1. The number of rotatable bonds is 6. The molecule has 0 fully saturated rings. The van der Waals surface area contributed by atoms with E-state index in [2.05, 4.69) is 39.1 Å². The molecule has 0 radical (unpaired) electrons. The van der Waals surface area contributed by atoms with Crippen LogP contribution in [-0.4, -0.2) is 13.2 Å². The Kier molecular flexibility index (Phi) is 5.97. The van der Waals surface area contributed by atoms with Crippen LogP contribution in [-0.2, 0) is 0 Å². The monoisotopic (exact) mass is 269 g/mol. The Morgan fingerprint density at radius 3 is 2.39 bits per heavy atom. The van der Waals surface area contributed by atoms with Gasteiger partial charge in [-0.25, -0.2) is 0 Å². The molecule has 102 valence electrons. The van der Waals surface area contributed by atoms with Gasteiger partial charge in [-0.2, -0.15) is 0 Å². The highest BCUT2D eigenvalue weighted by Crippen LogP contribution is 2.29. The van der Waals surface area contributed by atoms with Crippen LogP contribution in [0.4, 0.5) is 0 Å². The second-order valence-electron chi connectivity index (χ2n) is 5.26. The van der Waals surface area contributed by atoms with E-state index in [1.165, 1.54) is 5.56 Å². The van der Waals surface area contributed by atoms with Crippen molar-refractivity contribution < 1.29 is 4.74 Å². The molecule has 2 atom stereocenters. The Morgan fingerprint density at radius 2 is 1.89 bits per heavy atom. The fourth-order valence-electron chi connectivity index (χ4n) is 1.98. The summed E-state index contributed by atoms with van der Waals surface area (Å²) in [5, 5.41) is 3.88. The number of ether oxygens (including phenoxy) is 1. The molecule has 0 aliphatic rings. The van der Waals surface area contributed by atoms with Gasteiger partial charge in [0.2, 0.25) is 0 Å². The third-order valence-electron chi connectivity index (χ3n) is 3.02. The molecule has 1 aromatic carbocycles. The lowest BCUT2D eigenvalue weighted by molar-refractivity contribution is 0.193. The molecule has 2 unspecified atom stereocenters. The Hall–Kier alpha value is -0.730. The van der Waals surface area contributed by atoms with E-state index in [0.29, 0.717) is 17.0 Å². The maximum atomic E-state index is 6.26. The SMILES string of the molecule is CNC(C)c1ccc(OC(C)CC(C)C)c(Cl)c1. The Labute approximate surface area is 116 Å². The highest BCUT2D eigenvalue weighted by atomic mass is 35.5. The Bertz CT molecular complexity index is 379. The molecular weight excluding hydrogens is 246 g/mol. The molecule has 1 rings (SSSR count). The second-order valence-corrected chi connectivity index (χ2v) is 5.67. The summed E-state index contributed by atoms with van der Waals surface area (Å²) >= 11 is 6.26. The van der Waals surface area contributed by atoms with Crippen LogP contribution < -0.4 is 10.1 Å².